The largest absolute Gasteiger partial charge is 0.311 e. The Bertz CT molecular complexity index is 1310. The van der Waals surface area contributed by atoms with Gasteiger partial charge in [0, 0.05) is 29.6 Å². The molecule has 0 saturated carbocycles. The van der Waals surface area contributed by atoms with Crippen LogP contribution in [0.2, 0.25) is 0 Å². The van der Waals surface area contributed by atoms with Gasteiger partial charge in [0.25, 0.3) is 11.6 Å². The molecule has 2 aromatic heterocycles. The number of nitrogens with zero attached hydrogens (tertiary/aromatic N) is 5. The van der Waals surface area contributed by atoms with Gasteiger partial charge in [-0.3, -0.25) is 20.2 Å². The SMILES string of the molecule is CC(C)c1ccc(-c2csc(NC(=O)c3ccc(Sc4nncn4C)c([N+](=O)[O-])c3)n2)cc1. The Balaban J connectivity index is 1.51. The van der Waals surface area contributed by atoms with Crippen molar-refractivity contribution in [3.63, 3.8) is 0 Å². The molecule has 11 heteroatoms. The fraction of sp³-hybridized carbons (Fsp3) is 0.182. The molecule has 4 rings (SSSR count). The zero-order valence-corrected chi connectivity index (χ0v) is 19.7. The van der Waals surface area contributed by atoms with E-state index in [1.165, 1.54) is 35.4 Å². The zero-order valence-electron chi connectivity index (χ0n) is 18.1. The molecule has 4 aromatic rings. The number of carbonyl (C=O) groups excluding carboxylic acids is 1. The fourth-order valence-corrected chi connectivity index (χ4v) is 4.59. The third-order valence-corrected chi connectivity index (χ3v) is 6.76. The predicted molar refractivity (Wildman–Crippen MR) is 128 cm³/mol. The molecule has 0 unspecified atom stereocenters. The lowest BCUT2D eigenvalue weighted by molar-refractivity contribution is -0.387. The molecule has 33 heavy (non-hydrogen) atoms. The standard InChI is InChI=1S/C22H20N6O3S2/c1-13(2)14-4-6-15(7-5-14)17-11-32-21(24-17)25-20(29)16-8-9-19(18(10-16)28(30)31)33-22-26-23-12-27(22)3/h4-13H,1-3H3,(H,24,25,29). The van der Waals surface area contributed by atoms with E-state index in [0.717, 1.165) is 23.0 Å². The van der Waals surface area contributed by atoms with Crippen LogP contribution in [0.3, 0.4) is 0 Å². The number of aromatic nitrogens is 4. The predicted octanol–water partition coefficient (Wildman–Crippen LogP) is 5.37. The Hall–Kier alpha value is -3.57. The van der Waals surface area contributed by atoms with Gasteiger partial charge in [-0.1, -0.05) is 38.1 Å². The van der Waals surface area contributed by atoms with E-state index in [2.05, 4.69) is 46.5 Å². The summed E-state index contributed by atoms with van der Waals surface area (Å²) in [6.45, 7) is 4.27. The molecule has 9 nitrogen and oxygen atoms in total. The van der Waals surface area contributed by atoms with Crippen LogP contribution in [0.25, 0.3) is 11.3 Å². The molecular formula is C22H20N6O3S2. The first-order valence-electron chi connectivity index (χ1n) is 9.99. The van der Waals surface area contributed by atoms with Crippen molar-refractivity contribution in [3.8, 4) is 11.3 Å². The molecule has 168 valence electrons. The molecule has 2 aromatic carbocycles. The number of hydrogen-bond donors (Lipinski definition) is 1. The maximum Gasteiger partial charge on any atom is 0.284 e. The Morgan fingerprint density at radius 3 is 2.61 bits per heavy atom. The molecule has 0 bridgehead atoms. The Kier molecular flexibility index (Phi) is 6.52. The highest BCUT2D eigenvalue weighted by Crippen LogP contribution is 2.34. The van der Waals surface area contributed by atoms with E-state index in [-0.39, 0.29) is 11.3 Å². The molecule has 1 N–H and O–H groups in total. The zero-order chi connectivity index (χ0) is 23.5. The van der Waals surface area contributed by atoms with E-state index in [4.69, 9.17) is 0 Å². The summed E-state index contributed by atoms with van der Waals surface area (Å²) in [6.07, 6.45) is 1.51. The summed E-state index contributed by atoms with van der Waals surface area (Å²) >= 11 is 2.41. The second-order valence-corrected chi connectivity index (χ2v) is 9.40. The molecule has 0 radical (unpaired) electrons. The summed E-state index contributed by atoms with van der Waals surface area (Å²) in [7, 11) is 1.75. The first-order chi connectivity index (χ1) is 15.8. The van der Waals surface area contributed by atoms with Crippen LogP contribution in [0, 0.1) is 10.1 Å². The number of aryl methyl sites for hydroxylation is 1. The van der Waals surface area contributed by atoms with E-state index < -0.39 is 10.8 Å². The van der Waals surface area contributed by atoms with Gasteiger partial charge in [0.15, 0.2) is 10.3 Å². The maximum atomic E-state index is 12.7. The van der Waals surface area contributed by atoms with Crippen molar-refractivity contribution in [1.82, 2.24) is 19.7 Å². The molecule has 0 aliphatic carbocycles. The highest BCUT2D eigenvalue weighted by Gasteiger charge is 2.20. The van der Waals surface area contributed by atoms with Crippen LogP contribution in [0.5, 0.6) is 0 Å². The van der Waals surface area contributed by atoms with E-state index >= 15 is 0 Å². The number of carbonyl (C=O) groups is 1. The van der Waals surface area contributed by atoms with Gasteiger partial charge in [-0.25, -0.2) is 4.98 Å². The minimum Gasteiger partial charge on any atom is -0.311 e. The minimum absolute atomic E-state index is 0.169. The molecule has 2 heterocycles. The quantitative estimate of drug-likeness (QED) is 0.279. The molecule has 0 atom stereocenters. The van der Waals surface area contributed by atoms with Crippen molar-refractivity contribution in [2.24, 2.45) is 7.05 Å². The van der Waals surface area contributed by atoms with E-state index in [0.29, 0.717) is 21.1 Å². The summed E-state index contributed by atoms with van der Waals surface area (Å²) in [5.41, 5.74) is 2.94. The normalized spacial score (nSPS) is 11.0. The van der Waals surface area contributed by atoms with E-state index in [1.54, 1.807) is 17.7 Å². The Morgan fingerprint density at radius 2 is 1.97 bits per heavy atom. The van der Waals surface area contributed by atoms with Crippen molar-refractivity contribution in [1.29, 1.82) is 0 Å². The minimum atomic E-state index is -0.516. The van der Waals surface area contributed by atoms with Crippen molar-refractivity contribution < 1.29 is 9.72 Å². The summed E-state index contributed by atoms with van der Waals surface area (Å²) in [6, 6.07) is 12.5. The second kappa shape index (κ2) is 9.51. The smallest absolute Gasteiger partial charge is 0.284 e. The number of nitro groups is 1. The molecule has 1 amide bonds. The lowest BCUT2D eigenvalue weighted by Crippen LogP contribution is -2.12. The summed E-state index contributed by atoms with van der Waals surface area (Å²) in [4.78, 5) is 28.7. The van der Waals surface area contributed by atoms with Crippen LogP contribution in [-0.2, 0) is 7.05 Å². The van der Waals surface area contributed by atoms with Crippen LogP contribution in [0.15, 0.2) is 64.2 Å². The van der Waals surface area contributed by atoms with Crippen LogP contribution in [0.1, 0.15) is 35.7 Å². The second-order valence-electron chi connectivity index (χ2n) is 7.53. The van der Waals surface area contributed by atoms with Crippen LogP contribution in [-0.4, -0.2) is 30.6 Å². The topological polar surface area (TPSA) is 116 Å². The monoisotopic (exact) mass is 480 g/mol. The molecule has 0 aliphatic rings. The van der Waals surface area contributed by atoms with Gasteiger partial charge in [-0.2, -0.15) is 0 Å². The van der Waals surface area contributed by atoms with E-state index in [9.17, 15) is 14.9 Å². The van der Waals surface area contributed by atoms with Gasteiger partial charge < -0.3 is 4.57 Å². The molecule has 0 aliphatic heterocycles. The highest BCUT2D eigenvalue weighted by molar-refractivity contribution is 7.99. The van der Waals surface area contributed by atoms with Crippen LogP contribution < -0.4 is 5.32 Å². The van der Waals surface area contributed by atoms with Gasteiger partial charge in [-0.15, -0.1) is 21.5 Å². The van der Waals surface area contributed by atoms with E-state index in [1.807, 2.05) is 17.5 Å². The van der Waals surface area contributed by atoms with Gasteiger partial charge >= 0.3 is 0 Å². The van der Waals surface area contributed by atoms with Crippen molar-refractivity contribution in [2.45, 2.75) is 29.8 Å². The highest BCUT2D eigenvalue weighted by atomic mass is 32.2. The lowest BCUT2D eigenvalue weighted by atomic mass is 10.0. The number of thiazole rings is 1. The maximum absolute atomic E-state index is 12.7. The number of amides is 1. The van der Waals surface area contributed by atoms with Gasteiger partial charge in [0.2, 0.25) is 0 Å². The summed E-state index contributed by atoms with van der Waals surface area (Å²) < 4.78 is 1.66. The number of nitrogens with one attached hydrogen (secondary N) is 1. The first kappa shape index (κ1) is 22.6. The molecule has 0 spiro atoms. The fourth-order valence-electron chi connectivity index (χ4n) is 3.02. The van der Waals surface area contributed by atoms with Crippen LogP contribution in [0.4, 0.5) is 10.8 Å². The molecule has 0 fully saturated rings. The number of rotatable bonds is 7. The van der Waals surface area contributed by atoms with Crippen molar-refractivity contribution >= 4 is 39.8 Å². The van der Waals surface area contributed by atoms with Crippen LogP contribution >= 0.6 is 23.1 Å². The third kappa shape index (κ3) is 5.10. The Morgan fingerprint density at radius 1 is 1.21 bits per heavy atom. The third-order valence-electron chi connectivity index (χ3n) is 4.89. The number of anilines is 1. The number of benzene rings is 2. The van der Waals surface area contributed by atoms with Gasteiger partial charge in [-0.05, 0) is 35.4 Å². The summed E-state index contributed by atoms with van der Waals surface area (Å²) in [5, 5.41) is 24.8. The average Bonchev–Trinajstić information content (AvgIpc) is 3.43. The van der Waals surface area contributed by atoms with Gasteiger partial charge in [0.05, 0.1) is 15.5 Å². The van der Waals surface area contributed by atoms with Crippen molar-refractivity contribution in [2.75, 3.05) is 5.32 Å². The number of hydrogen-bond acceptors (Lipinski definition) is 8. The molecular weight excluding hydrogens is 460 g/mol. The van der Waals surface area contributed by atoms with Crippen molar-refractivity contribution in [3.05, 3.63) is 75.4 Å². The van der Waals surface area contributed by atoms with Gasteiger partial charge in [0.1, 0.15) is 6.33 Å². The average molecular weight is 481 g/mol. The number of nitro benzene ring substituents is 1. The summed E-state index contributed by atoms with van der Waals surface area (Å²) in [5.74, 6) is -0.0251. The Labute approximate surface area is 198 Å². The first-order valence-corrected chi connectivity index (χ1v) is 11.7. The lowest BCUT2D eigenvalue weighted by Gasteiger charge is -2.06. The molecule has 0 saturated heterocycles.